The van der Waals surface area contributed by atoms with Crippen LogP contribution in [-0.2, 0) is 4.79 Å². The molecular formula is C20H30N2O2. The molecule has 0 atom stereocenters. The van der Waals surface area contributed by atoms with Gasteiger partial charge in [-0.05, 0) is 52.7 Å². The quantitative estimate of drug-likeness (QED) is 0.651. The van der Waals surface area contributed by atoms with E-state index in [1.807, 2.05) is 45.9 Å². The summed E-state index contributed by atoms with van der Waals surface area (Å²) in [4.78, 5) is 25.6. The molecular weight excluding hydrogens is 300 g/mol. The Balaban J connectivity index is 2.16. The number of nitrogens with one attached hydrogen (secondary N) is 1. The molecule has 1 fully saturated rings. The first kappa shape index (κ1) is 18.5. The summed E-state index contributed by atoms with van der Waals surface area (Å²) in [5, 5.41) is 1.55. The van der Waals surface area contributed by atoms with Crippen LogP contribution < -0.4 is 5.43 Å². The number of nitrogens with zero attached hydrogens (tertiary/aromatic N) is 1. The molecule has 2 amide bonds. The summed E-state index contributed by atoms with van der Waals surface area (Å²) < 4.78 is 0. The number of hydrogen-bond donors (Lipinski definition) is 1. The Kier molecular flexibility index (Phi) is 6.03. The van der Waals surface area contributed by atoms with E-state index in [9.17, 15) is 9.59 Å². The summed E-state index contributed by atoms with van der Waals surface area (Å²) in [7, 11) is 0. The zero-order valence-electron chi connectivity index (χ0n) is 15.4. The standard InChI is InChI=1S/C20H30N2O2/c1-15-10-9-13-17(14-15)18(23)21-22(20(2,3)4)19(24)16-11-7-5-6-8-12-16/h9-10,13-14,16H,5-8,11-12H2,1-4H3,(H,21,23). The molecule has 1 aromatic carbocycles. The van der Waals surface area contributed by atoms with Gasteiger partial charge in [0.1, 0.15) is 0 Å². The highest BCUT2D eigenvalue weighted by molar-refractivity contribution is 5.95. The van der Waals surface area contributed by atoms with E-state index in [-0.39, 0.29) is 17.7 Å². The van der Waals surface area contributed by atoms with Gasteiger partial charge in [-0.15, -0.1) is 0 Å². The monoisotopic (exact) mass is 330 g/mol. The van der Waals surface area contributed by atoms with Crippen molar-refractivity contribution < 1.29 is 9.59 Å². The van der Waals surface area contributed by atoms with Gasteiger partial charge in [0.25, 0.3) is 5.91 Å². The molecule has 0 heterocycles. The second-order valence-corrected chi connectivity index (χ2v) is 7.84. The summed E-state index contributed by atoms with van der Waals surface area (Å²) in [5.41, 5.74) is 4.02. The fourth-order valence-corrected chi connectivity index (χ4v) is 3.21. The second-order valence-electron chi connectivity index (χ2n) is 7.84. The number of aryl methyl sites for hydroxylation is 1. The highest BCUT2D eigenvalue weighted by Gasteiger charge is 2.33. The Morgan fingerprint density at radius 2 is 1.71 bits per heavy atom. The minimum atomic E-state index is -0.455. The Hall–Kier alpha value is -1.84. The van der Waals surface area contributed by atoms with E-state index in [0.29, 0.717) is 5.56 Å². The van der Waals surface area contributed by atoms with Crippen LogP contribution in [0.3, 0.4) is 0 Å². The van der Waals surface area contributed by atoms with Crippen LogP contribution in [0.5, 0.6) is 0 Å². The highest BCUT2D eigenvalue weighted by Crippen LogP contribution is 2.26. The van der Waals surface area contributed by atoms with Crippen LogP contribution in [-0.4, -0.2) is 22.4 Å². The largest absolute Gasteiger partial charge is 0.273 e. The van der Waals surface area contributed by atoms with Gasteiger partial charge in [0.15, 0.2) is 0 Å². The summed E-state index contributed by atoms with van der Waals surface area (Å²) >= 11 is 0. The molecule has 0 bridgehead atoms. The van der Waals surface area contributed by atoms with Gasteiger partial charge in [0.05, 0.1) is 5.54 Å². The molecule has 0 unspecified atom stereocenters. The van der Waals surface area contributed by atoms with Crippen molar-refractivity contribution in [2.24, 2.45) is 5.92 Å². The SMILES string of the molecule is Cc1cccc(C(=O)NN(C(=O)C2CCCCCC2)C(C)(C)C)c1. The Labute approximate surface area is 145 Å². The topological polar surface area (TPSA) is 49.4 Å². The Morgan fingerprint density at radius 3 is 2.25 bits per heavy atom. The van der Waals surface area contributed by atoms with Crippen LogP contribution in [0, 0.1) is 12.8 Å². The number of benzene rings is 1. The molecule has 0 aromatic heterocycles. The van der Waals surface area contributed by atoms with Crippen LogP contribution in [0.1, 0.15) is 75.2 Å². The number of amides is 2. The smallest absolute Gasteiger partial charge is 0.269 e. The van der Waals surface area contributed by atoms with Crippen LogP contribution in [0.2, 0.25) is 0 Å². The van der Waals surface area contributed by atoms with Crippen LogP contribution in [0.15, 0.2) is 24.3 Å². The van der Waals surface area contributed by atoms with Gasteiger partial charge in [-0.1, -0.05) is 43.4 Å². The lowest BCUT2D eigenvalue weighted by Crippen LogP contribution is -2.57. The number of carbonyl (C=O) groups is 2. The van der Waals surface area contributed by atoms with Crippen molar-refractivity contribution in [2.75, 3.05) is 0 Å². The Morgan fingerprint density at radius 1 is 1.08 bits per heavy atom. The molecule has 0 radical (unpaired) electrons. The molecule has 1 saturated carbocycles. The maximum Gasteiger partial charge on any atom is 0.269 e. The maximum atomic E-state index is 13.0. The molecule has 4 nitrogen and oxygen atoms in total. The fourth-order valence-electron chi connectivity index (χ4n) is 3.21. The van der Waals surface area contributed by atoms with Crippen LogP contribution in [0.4, 0.5) is 0 Å². The summed E-state index contributed by atoms with van der Waals surface area (Å²) in [6.45, 7) is 7.82. The van der Waals surface area contributed by atoms with Crippen molar-refractivity contribution in [2.45, 2.75) is 71.8 Å². The molecule has 0 aliphatic heterocycles. The van der Waals surface area contributed by atoms with Crippen molar-refractivity contribution in [3.05, 3.63) is 35.4 Å². The molecule has 0 saturated heterocycles. The zero-order chi connectivity index (χ0) is 17.7. The number of rotatable bonds is 2. The van der Waals surface area contributed by atoms with E-state index in [1.54, 1.807) is 11.1 Å². The number of hydrazine groups is 1. The molecule has 1 aliphatic carbocycles. The van der Waals surface area contributed by atoms with Crippen molar-refractivity contribution in [1.82, 2.24) is 10.4 Å². The van der Waals surface area contributed by atoms with Crippen molar-refractivity contribution in [3.8, 4) is 0 Å². The Bertz CT molecular complexity index is 582. The van der Waals surface area contributed by atoms with E-state index in [1.165, 1.54) is 12.8 Å². The van der Waals surface area contributed by atoms with Crippen LogP contribution >= 0.6 is 0 Å². The highest BCUT2D eigenvalue weighted by atomic mass is 16.2. The first-order valence-electron chi connectivity index (χ1n) is 9.01. The summed E-state index contributed by atoms with van der Waals surface area (Å²) in [6.07, 6.45) is 6.45. The molecule has 0 spiro atoms. The third kappa shape index (κ3) is 4.83. The lowest BCUT2D eigenvalue weighted by molar-refractivity contribution is -0.144. The van der Waals surface area contributed by atoms with E-state index >= 15 is 0 Å². The van der Waals surface area contributed by atoms with E-state index in [4.69, 9.17) is 0 Å². The molecule has 1 aliphatic rings. The van der Waals surface area contributed by atoms with Crippen molar-refractivity contribution >= 4 is 11.8 Å². The molecule has 1 aromatic rings. The van der Waals surface area contributed by atoms with Crippen LogP contribution in [0.25, 0.3) is 0 Å². The molecule has 132 valence electrons. The average Bonchev–Trinajstić information content (AvgIpc) is 2.80. The lowest BCUT2D eigenvalue weighted by Gasteiger charge is -2.37. The van der Waals surface area contributed by atoms with E-state index in [0.717, 1.165) is 31.2 Å². The zero-order valence-corrected chi connectivity index (χ0v) is 15.4. The normalized spacial score (nSPS) is 16.3. The maximum absolute atomic E-state index is 13.0. The third-order valence-corrected chi connectivity index (χ3v) is 4.59. The average molecular weight is 330 g/mol. The van der Waals surface area contributed by atoms with Gasteiger partial charge in [-0.2, -0.15) is 0 Å². The lowest BCUT2D eigenvalue weighted by atomic mass is 9.96. The minimum Gasteiger partial charge on any atom is -0.273 e. The number of carbonyl (C=O) groups excluding carboxylic acids is 2. The molecule has 1 N–H and O–H groups in total. The molecule has 24 heavy (non-hydrogen) atoms. The van der Waals surface area contributed by atoms with Gasteiger partial charge >= 0.3 is 0 Å². The van der Waals surface area contributed by atoms with E-state index < -0.39 is 5.54 Å². The second kappa shape index (κ2) is 7.82. The van der Waals surface area contributed by atoms with Gasteiger partial charge < -0.3 is 0 Å². The fraction of sp³-hybridized carbons (Fsp3) is 0.600. The number of hydrogen-bond acceptors (Lipinski definition) is 2. The predicted molar refractivity (Wildman–Crippen MR) is 96.4 cm³/mol. The van der Waals surface area contributed by atoms with Crippen molar-refractivity contribution in [1.29, 1.82) is 0 Å². The third-order valence-electron chi connectivity index (χ3n) is 4.59. The van der Waals surface area contributed by atoms with Gasteiger partial charge in [-0.25, -0.2) is 5.01 Å². The molecule has 2 rings (SSSR count). The van der Waals surface area contributed by atoms with Gasteiger partial charge in [0, 0.05) is 11.5 Å². The minimum absolute atomic E-state index is 0.0181. The molecule has 4 heteroatoms. The van der Waals surface area contributed by atoms with Crippen molar-refractivity contribution in [3.63, 3.8) is 0 Å². The first-order chi connectivity index (χ1) is 11.3. The summed E-state index contributed by atoms with van der Waals surface area (Å²) in [6, 6.07) is 7.43. The first-order valence-corrected chi connectivity index (χ1v) is 9.01. The predicted octanol–water partition coefficient (Wildman–Crippen LogP) is 4.24. The summed E-state index contributed by atoms with van der Waals surface area (Å²) in [5.74, 6) is -0.162. The van der Waals surface area contributed by atoms with Gasteiger partial charge in [-0.3, -0.25) is 15.0 Å². The van der Waals surface area contributed by atoms with E-state index in [2.05, 4.69) is 5.43 Å². The van der Waals surface area contributed by atoms with Gasteiger partial charge in [0.2, 0.25) is 5.91 Å².